The molecule has 0 amide bonds. The van der Waals surface area contributed by atoms with Crippen molar-refractivity contribution in [1.82, 2.24) is 0 Å². The highest BCUT2D eigenvalue weighted by Gasteiger charge is 2.06. The van der Waals surface area contributed by atoms with Gasteiger partial charge in [-0.3, -0.25) is 0 Å². The summed E-state index contributed by atoms with van der Waals surface area (Å²) in [7, 11) is 0. The van der Waals surface area contributed by atoms with Crippen LogP contribution in [0.2, 0.25) is 0 Å². The van der Waals surface area contributed by atoms with Gasteiger partial charge in [-0.05, 0) is 30.2 Å². The summed E-state index contributed by atoms with van der Waals surface area (Å²) < 4.78 is 5.26. The third kappa shape index (κ3) is 0.611. The molecule has 1 heteroatoms. The van der Waals surface area contributed by atoms with Crippen molar-refractivity contribution in [2.24, 2.45) is 0 Å². The molecular formula is C8H8O. The summed E-state index contributed by atoms with van der Waals surface area (Å²) in [6.45, 7) is 2.88. The van der Waals surface area contributed by atoms with Gasteiger partial charge in [0.2, 0.25) is 0 Å². The Kier molecular flexibility index (Phi) is 0.810. The van der Waals surface area contributed by atoms with Crippen molar-refractivity contribution < 1.29 is 4.74 Å². The molecule has 0 unspecified atom stereocenters. The molecule has 0 aliphatic carbocycles. The van der Waals surface area contributed by atoms with Gasteiger partial charge in [-0.25, -0.2) is 0 Å². The van der Waals surface area contributed by atoms with E-state index in [2.05, 4.69) is 19.1 Å². The van der Waals surface area contributed by atoms with E-state index in [0.717, 1.165) is 12.4 Å². The number of fused-ring (bicyclic) bond motifs is 3. The van der Waals surface area contributed by atoms with Crippen LogP contribution in [0.15, 0.2) is 18.2 Å². The number of rotatable bonds is 0. The Hall–Kier alpha value is -0.980. The molecule has 0 aromatic heterocycles. The van der Waals surface area contributed by atoms with E-state index in [-0.39, 0.29) is 0 Å². The first-order valence-corrected chi connectivity index (χ1v) is 3.08. The molecule has 1 nitrogen and oxygen atoms in total. The van der Waals surface area contributed by atoms with Crippen molar-refractivity contribution in [1.29, 1.82) is 0 Å². The van der Waals surface area contributed by atoms with Crippen molar-refractivity contribution in [3.63, 3.8) is 0 Å². The largest absolute Gasteiger partial charge is 0.489 e. The van der Waals surface area contributed by atoms with Crippen LogP contribution >= 0.6 is 0 Å². The molecule has 0 spiro atoms. The van der Waals surface area contributed by atoms with Crippen LogP contribution in [0.5, 0.6) is 5.75 Å². The van der Waals surface area contributed by atoms with Gasteiger partial charge in [-0.1, -0.05) is 6.07 Å². The lowest BCUT2D eigenvalue weighted by molar-refractivity contribution is 0.293. The Labute approximate surface area is 54.3 Å². The Morgan fingerprint density at radius 1 is 1.44 bits per heavy atom. The number of aryl methyl sites for hydroxylation is 1. The molecule has 0 saturated heterocycles. The number of benzene rings is 1. The van der Waals surface area contributed by atoms with Gasteiger partial charge in [0.15, 0.2) is 0 Å². The van der Waals surface area contributed by atoms with Crippen LogP contribution in [-0.2, 0) is 6.61 Å². The normalized spacial score (nSPS) is 13.4. The monoisotopic (exact) mass is 120 g/mol. The van der Waals surface area contributed by atoms with Gasteiger partial charge in [-0.2, -0.15) is 0 Å². The van der Waals surface area contributed by atoms with E-state index in [9.17, 15) is 0 Å². The first-order valence-electron chi connectivity index (χ1n) is 3.08. The molecule has 0 atom stereocenters. The second-order valence-electron chi connectivity index (χ2n) is 2.38. The third-order valence-electron chi connectivity index (χ3n) is 1.71. The van der Waals surface area contributed by atoms with Crippen molar-refractivity contribution >= 4 is 0 Å². The highest BCUT2D eigenvalue weighted by Crippen LogP contribution is 2.23. The summed E-state index contributed by atoms with van der Waals surface area (Å²) in [6, 6.07) is 6.19. The lowest BCUT2D eigenvalue weighted by Crippen LogP contribution is -2.03. The van der Waals surface area contributed by atoms with Gasteiger partial charge in [0, 0.05) is 0 Å². The van der Waals surface area contributed by atoms with E-state index in [0.29, 0.717) is 0 Å². The highest BCUT2D eigenvalue weighted by atomic mass is 16.5. The zero-order valence-electron chi connectivity index (χ0n) is 5.35. The minimum absolute atomic E-state index is 0.772. The number of hydrogen-bond acceptors (Lipinski definition) is 1. The molecule has 0 fully saturated rings. The first kappa shape index (κ1) is 4.86. The second-order valence-corrected chi connectivity index (χ2v) is 2.38. The molecule has 0 N–H and O–H groups in total. The predicted octanol–water partition coefficient (Wildman–Crippen LogP) is 1.89. The Morgan fingerprint density at radius 3 is 2.56 bits per heavy atom. The lowest BCUT2D eigenvalue weighted by atomic mass is 10.1. The lowest BCUT2D eigenvalue weighted by Gasteiger charge is -2.15. The quantitative estimate of drug-likeness (QED) is 0.508. The smallest absolute Gasteiger partial charge is 0.120 e. The maximum absolute atomic E-state index is 5.26. The summed E-state index contributed by atoms with van der Waals surface area (Å²) in [4.78, 5) is 0. The molecular weight excluding hydrogens is 112 g/mol. The molecule has 1 aromatic rings. The Balaban J connectivity index is 2.70. The zero-order chi connectivity index (χ0) is 6.27. The van der Waals surface area contributed by atoms with Gasteiger partial charge < -0.3 is 4.74 Å². The Bertz CT molecular complexity index is 240. The summed E-state index contributed by atoms with van der Waals surface area (Å²) in [5, 5.41) is 0. The Morgan fingerprint density at radius 2 is 2.33 bits per heavy atom. The molecule has 2 heterocycles. The van der Waals surface area contributed by atoms with Crippen LogP contribution in [0, 0.1) is 6.92 Å². The molecule has 2 bridgehead atoms. The number of hydrogen-bond donors (Lipinski definition) is 0. The van der Waals surface area contributed by atoms with Crippen molar-refractivity contribution in [2.75, 3.05) is 0 Å². The first-order chi connectivity index (χ1) is 4.36. The minimum Gasteiger partial charge on any atom is -0.489 e. The molecule has 2 aliphatic heterocycles. The fourth-order valence-corrected chi connectivity index (χ4v) is 1.08. The van der Waals surface area contributed by atoms with Crippen LogP contribution in [0.25, 0.3) is 0 Å². The van der Waals surface area contributed by atoms with Crippen LogP contribution < -0.4 is 4.74 Å². The van der Waals surface area contributed by atoms with Gasteiger partial charge in [0.25, 0.3) is 0 Å². The summed E-state index contributed by atoms with van der Waals surface area (Å²) in [5.41, 5.74) is 2.66. The van der Waals surface area contributed by atoms with E-state index in [1.807, 2.05) is 6.07 Å². The van der Waals surface area contributed by atoms with Gasteiger partial charge in [-0.15, -0.1) is 0 Å². The van der Waals surface area contributed by atoms with Gasteiger partial charge in [0.1, 0.15) is 12.4 Å². The average molecular weight is 120 g/mol. The van der Waals surface area contributed by atoms with Crippen molar-refractivity contribution in [2.45, 2.75) is 13.5 Å². The topological polar surface area (TPSA) is 9.23 Å². The van der Waals surface area contributed by atoms with E-state index in [1.54, 1.807) is 0 Å². The molecule has 46 valence electrons. The maximum Gasteiger partial charge on any atom is 0.120 e. The highest BCUT2D eigenvalue weighted by molar-refractivity contribution is 5.37. The summed E-state index contributed by atoms with van der Waals surface area (Å²) in [5.74, 6) is 1.00. The SMILES string of the molecule is Cc1cc2ccc1CO2. The fourth-order valence-electron chi connectivity index (χ4n) is 1.08. The van der Waals surface area contributed by atoms with Crippen LogP contribution in [0.3, 0.4) is 0 Å². The predicted molar refractivity (Wildman–Crippen MR) is 35.5 cm³/mol. The van der Waals surface area contributed by atoms with Crippen molar-refractivity contribution in [3.05, 3.63) is 29.3 Å². The maximum atomic E-state index is 5.26. The van der Waals surface area contributed by atoms with Crippen molar-refractivity contribution in [3.8, 4) is 5.75 Å². The molecule has 1 aromatic carbocycles. The van der Waals surface area contributed by atoms with Crippen LogP contribution in [-0.4, -0.2) is 0 Å². The second kappa shape index (κ2) is 1.50. The number of ether oxygens (including phenoxy) is 1. The molecule has 0 saturated carbocycles. The fraction of sp³-hybridized carbons (Fsp3) is 0.250. The van der Waals surface area contributed by atoms with E-state index in [1.165, 1.54) is 11.1 Å². The van der Waals surface area contributed by atoms with Gasteiger partial charge in [0.05, 0.1) is 0 Å². The zero-order valence-corrected chi connectivity index (χ0v) is 5.35. The molecule has 3 rings (SSSR count). The van der Waals surface area contributed by atoms with E-state index >= 15 is 0 Å². The van der Waals surface area contributed by atoms with E-state index in [4.69, 9.17) is 4.74 Å². The third-order valence-corrected chi connectivity index (χ3v) is 1.71. The van der Waals surface area contributed by atoms with Gasteiger partial charge >= 0.3 is 0 Å². The molecule has 2 aliphatic rings. The van der Waals surface area contributed by atoms with E-state index < -0.39 is 0 Å². The molecule has 0 radical (unpaired) electrons. The summed E-state index contributed by atoms with van der Waals surface area (Å²) in [6.07, 6.45) is 0. The average Bonchev–Trinajstić information content (AvgIpc) is 1.90. The van der Waals surface area contributed by atoms with Crippen LogP contribution in [0.4, 0.5) is 0 Å². The minimum atomic E-state index is 0.772. The standard InChI is InChI=1S/C8H8O/c1-6-4-8-3-2-7(6)5-9-8/h2-4H,5H2,1H3. The molecule has 9 heavy (non-hydrogen) atoms. The van der Waals surface area contributed by atoms with Crippen LogP contribution in [0.1, 0.15) is 11.1 Å². The summed E-state index contributed by atoms with van der Waals surface area (Å²) >= 11 is 0.